The minimum absolute atomic E-state index is 0.0335. The number of rotatable bonds is 3. The molecule has 0 radical (unpaired) electrons. The van der Waals surface area contributed by atoms with E-state index in [1.165, 1.54) is 0 Å². The smallest absolute Gasteiger partial charge is 0.182 e. The molecule has 2 heteroatoms. The number of nitrogens with two attached hydrogens (primary N) is 1. The van der Waals surface area contributed by atoms with E-state index in [1.807, 2.05) is 39.0 Å². The van der Waals surface area contributed by atoms with E-state index in [0.29, 0.717) is 6.42 Å². The van der Waals surface area contributed by atoms with Crippen molar-refractivity contribution in [2.45, 2.75) is 39.7 Å². The van der Waals surface area contributed by atoms with Gasteiger partial charge in [-0.25, -0.2) is 0 Å². The number of Topliss-reactive ketones (excluding diaryl/α,β-unsaturated/α-hetero) is 1. The fourth-order valence-electron chi connectivity index (χ4n) is 1.47. The summed E-state index contributed by atoms with van der Waals surface area (Å²) in [6, 6.07) is 5.76. The minimum Gasteiger partial charge on any atom is -0.319 e. The average Bonchev–Trinajstić information content (AvgIpc) is 2.21. The van der Waals surface area contributed by atoms with Gasteiger partial charge in [-0.2, -0.15) is 0 Å². The fourth-order valence-corrected chi connectivity index (χ4v) is 1.47. The second kappa shape index (κ2) is 4.15. The van der Waals surface area contributed by atoms with E-state index in [1.54, 1.807) is 6.92 Å². The molecule has 82 valence electrons. The van der Waals surface area contributed by atoms with Crippen LogP contribution in [0.2, 0.25) is 0 Å². The second-order valence-electron chi connectivity index (χ2n) is 4.35. The summed E-state index contributed by atoms with van der Waals surface area (Å²) in [5, 5.41) is 0. The summed E-state index contributed by atoms with van der Waals surface area (Å²) in [5.41, 5.74) is 8.13. The Bertz CT molecular complexity index is 380. The highest BCUT2D eigenvalue weighted by Crippen LogP contribution is 2.19. The topological polar surface area (TPSA) is 43.1 Å². The van der Waals surface area contributed by atoms with Crippen molar-refractivity contribution in [3.63, 3.8) is 0 Å². The molecular formula is C13H19NO. The number of hydrogen-bond acceptors (Lipinski definition) is 2. The summed E-state index contributed by atoms with van der Waals surface area (Å²) in [4.78, 5) is 12.1. The molecule has 1 atom stereocenters. The van der Waals surface area contributed by atoms with Crippen LogP contribution in [0, 0.1) is 13.8 Å². The van der Waals surface area contributed by atoms with E-state index in [0.717, 1.165) is 16.7 Å². The number of hydrogen-bond donors (Lipinski definition) is 1. The predicted molar refractivity (Wildman–Crippen MR) is 63.1 cm³/mol. The molecule has 0 aliphatic rings. The minimum atomic E-state index is -0.751. The molecule has 1 unspecified atom stereocenters. The molecule has 2 N–H and O–H groups in total. The van der Waals surface area contributed by atoms with Crippen molar-refractivity contribution in [2.24, 2.45) is 5.73 Å². The quantitative estimate of drug-likeness (QED) is 0.771. The maximum Gasteiger partial charge on any atom is 0.182 e. The lowest BCUT2D eigenvalue weighted by Gasteiger charge is -2.22. The zero-order valence-electron chi connectivity index (χ0n) is 9.92. The van der Waals surface area contributed by atoms with Gasteiger partial charge in [0.05, 0.1) is 5.54 Å². The Balaban J connectivity index is 3.18. The highest BCUT2D eigenvalue weighted by molar-refractivity contribution is 6.04. The lowest BCUT2D eigenvalue weighted by atomic mass is 9.87. The van der Waals surface area contributed by atoms with Gasteiger partial charge in [0.15, 0.2) is 5.78 Å². The van der Waals surface area contributed by atoms with Gasteiger partial charge in [0.1, 0.15) is 0 Å². The molecule has 1 aromatic rings. The molecule has 0 aliphatic heterocycles. The third-order valence-electron chi connectivity index (χ3n) is 3.10. The molecule has 0 saturated carbocycles. The van der Waals surface area contributed by atoms with Crippen LogP contribution in [-0.4, -0.2) is 11.3 Å². The van der Waals surface area contributed by atoms with Crippen LogP contribution in [0.4, 0.5) is 0 Å². The highest BCUT2D eigenvalue weighted by Gasteiger charge is 2.28. The summed E-state index contributed by atoms with van der Waals surface area (Å²) in [6.45, 7) is 7.69. The van der Waals surface area contributed by atoms with Crippen molar-refractivity contribution < 1.29 is 4.79 Å². The zero-order valence-corrected chi connectivity index (χ0v) is 9.92. The molecule has 0 aromatic heterocycles. The zero-order chi connectivity index (χ0) is 11.6. The van der Waals surface area contributed by atoms with E-state index in [9.17, 15) is 4.79 Å². The molecule has 1 aromatic carbocycles. The molecule has 0 aliphatic carbocycles. The second-order valence-corrected chi connectivity index (χ2v) is 4.35. The van der Waals surface area contributed by atoms with Gasteiger partial charge in [-0.1, -0.05) is 25.1 Å². The summed E-state index contributed by atoms with van der Waals surface area (Å²) in [6.07, 6.45) is 0.652. The molecule has 0 amide bonds. The van der Waals surface area contributed by atoms with Crippen LogP contribution < -0.4 is 5.73 Å². The molecule has 0 heterocycles. The van der Waals surface area contributed by atoms with Crippen molar-refractivity contribution in [3.05, 3.63) is 34.9 Å². The standard InChI is InChI=1S/C13H19NO/c1-5-13(4,14)12(15)11-8-6-7-9(2)10(11)3/h6-8H,5,14H2,1-4H3. The monoisotopic (exact) mass is 205 g/mol. The van der Waals surface area contributed by atoms with E-state index < -0.39 is 5.54 Å². The first-order valence-corrected chi connectivity index (χ1v) is 5.30. The van der Waals surface area contributed by atoms with E-state index in [2.05, 4.69) is 0 Å². The van der Waals surface area contributed by atoms with E-state index >= 15 is 0 Å². The van der Waals surface area contributed by atoms with Crippen molar-refractivity contribution in [1.82, 2.24) is 0 Å². The van der Waals surface area contributed by atoms with E-state index in [-0.39, 0.29) is 5.78 Å². The Morgan fingerprint density at radius 1 is 1.40 bits per heavy atom. The summed E-state index contributed by atoms with van der Waals surface area (Å²) >= 11 is 0. The Morgan fingerprint density at radius 2 is 2.00 bits per heavy atom. The molecule has 0 bridgehead atoms. The molecule has 0 fully saturated rings. The summed E-state index contributed by atoms with van der Waals surface area (Å²) < 4.78 is 0. The lowest BCUT2D eigenvalue weighted by Crippen LogP contribution is -2.44. The van der Waals surface area contributed by atoms with Crippen LogP contribution in [0.15, 0.2) is 18.2 Å². The van der Waals surface area contributed by atoms with Crippen LogP contribution >= 0.6 is 0 Å². The van der Waals surface area contributed by atoms with E-state index in [4.69, 9.17) is 5.73 Å². The maximum absolute atomic E-state index is 12.1. The molecule has 15 heavy (non-hydrogen) atoms. The van der Waals surface area contributed by atoms with Gasteiger partial charge in [-0.3, -0.25) is 4.79 Å². The number of carbonyl (C=O) groups excluding carboxylic acids is 1. The van der Waals surface area contributed by atoms with Crippen LogP contribution in [0.1, 0.15) is 41.8 Å². The van der Waals surface area contributed by atoms with Gasteiger partial charge in [-0.05, 0) is 38.3 Å². The van der Waals surface area contributed by atoms with Crippen molar-refractivity contribution in [1.29, 1.82) is 0 Å². The SMILES string of the molecule is CCC(C)(N)C(=O)c1cccc(C)c1C. The van der Waals surface area contributed by atoms with Gasteiger partial charge in [-0.15, -0.1) is 0 Å². The number of benzene rings is 1. The first kappa shape index (κ1) is 11.9. The summed E-state index contributed by atoms with van der Waals surface area (Å²) in [7, 11) is 0. The highest BCUT2D eigenvalue weighted by atomic mass is 16.1. The first-order valence-electron chi connectivity index (χ1n) is 5.30. The van der Waals surface area contributed by atoms with Crippen LogP contribution in [-0.2, 0) is 0 Å². The maximum atomic E-state index is 12.1. The largest absolute Gasteiger partial charge is 0.319 e. The van der Waals surface area contributed by atoms with Gasteiger partial charge in [0, 0.05) is 5.56 Å². The molecule has 0 saturated heterocycles. The van der Waals surface area contributed by atoms with Gasteiger partial charge >= 0.3 is 0 Å². The Hall–Kier alpha value is -1.15. The molecule has 1 rings (SSSR count). The van der Waals surface area contributed by atoms with Crippen LogP contribution in [0.5, 0.6) is 0 Å². The third-order valence-corrected chi connectivity index (χ3v) is 3.10. The van der Waals surface area contributed by atoms with Gasteiger partial charge < -0.3 is 5.73 Å². The normalized spacial score (nSPS) is 14.7. The van der Waals surface area contributed by atoms with Gasteiger partial charge in [0.25, 0.3) is 0 Å². The Morgan fingerprint density at radius 3 is 2.53 bits per heavy atom. The van der Waals surface area contributed by atoms with Crippen molar-refractivity contribution in [2.75, 3.05) is 0 Å². The number of ketones is 1. The Labute approximate surface area is 91.5 Å². The lowest BCUT2D eigenvalue weighted by molar-refractivity contribution is 0.0897. The number of carbonyl (C=O) groups is 1. The third kappa shape index (κ3) is 2.26. The van der Waals surface area contributed by atoms with Crippen molar-refractivity contribution >= 4 is 5.78 Å². The van der Waals surface area contributed by atoms with Crippen LogP contribution in [0.25, 0.3) is 0 Å². The molecule has 0 spiro atoms. The first-order chi connectivity index (χ1) is 6.90. The van der Waals surface area contributed by atoms with Crippen molar-refractivity contribution in [3.8, 4) is 0 Å². The molecule has 2 nitrogen and oxygen atoms in total. The fraction of sp³-hybridized carbons (Fsp3) is 0.462. The Kier molecular flexibility index (Phi) is 3.30. The predicted octanol–water partition coefficient (Wildman–Crippen LogP) is 2.61. The average molecular weight is 205 g/mol. The van der Waals surface area contributed by atoms with Crippen LogP contribution in [0.3, 0.4) is 0 Å². The summed E-state index contributed by atoms with van der Waals surface area (Å²) in [5.74, 6) is 0.0335. The number of aryl methyl sites for hydroxylation is 1. The molecular weight excluding hydrogens is 186 g/mol. The van der Waals surface area contributed by atoms with Gasteiger partial charge in [0.2, 0.25) is 0 Å².